The van der Waals surface area contributed by atoms with E-state index in [0.717, 1.165) is 6.42 Å². The maximum Gasteiger partial charge on any atom is 0.320 e. The molecular weight excluding hydrogens is 198 g/mol. The Morgan fingerprint density at radius 3 is 1.73 bits per heavy atom. The van der Waals surface area contributed by atoms with Crippen LogP contribution in [0.1, 0.15) is 40.5 Å². The third kappa shape index (κ3) is 12.9. The highest BCUT2D eigenvalue weighted by Gasteiger charge is 2.18. The summed E-state index contributed by atoms with van der Waals surface area (Å²) in [4.78, 5) is 19.7. The number of carbonyl (C=O) groups is 2. The third-order valence-electron chi connectivity index (χ3n) is 1.98. The van der Waals surface area contributed by atoms with Gasteiger partial charge in [0.2, 0.25) is 0 Å². The highest BCUT2D eigenvalue weighted by Crippen LogP contribution is 2.23. The van der Waals surface area contributed by atoms with Crippen molar-refractivity contribution in [1.29, 1.82) is 0 Å². The van der Waals surface area contributed by atoms with E-state index in [2.05, 4.69) is 0 Å². The minimum absolute atomic E-state index is 0.0359. The predicted octanol–water partition coefficient (Wildman–Crippen LogP) is 1.32. The summed E-state index contributed by atoms with van der Waals surface area (Å²) in [5.41, 5.74) is 4.80. The van der Waals surface area contributed by atoms with Gasteiger partial charge in [0.15, 0.2) is 0 Å². The average Bonchev–Trinajstić information content (AvgIpc) is 2.03. The fraction of sp³-hybridized carbons (Fsp3) is 0.800. The van der Waals surface area contributed by atoms with Crippen LogP contribution in [0.15, 0.2) is 0 Å². The molecule has 4 N–H and O–H groups in total. The van der Waals surface area contributed by atoms with Crippen molar-refractivity contribution in [3.8, 4) is 0 Å². The van der Waals surface area contributed by atoms with Gasteiger partial charge in [-0.05, 0) is 12.3 Å². The van der Waals surface area contributed by atoms with E-state index in [4.69, 9.17) is 15.9 Å². The number of hydrogen-bond donors (Lipinski definition) is 3. The monoisotopic (exact) mass is 219 g/mol. The van der Waals surface area contributed by atoms with Crippen LogP contribution in [0.4, 0.5) is 0 Å². The first-order valence-corrected chi connectivity index (χ1v) is 4.82. The van der Waals surface area contributed by atoms with Crippen LogP contribution in [-0.2, 0) is 9.59 Å². The molecule has 0 aliphatic carbocycles. The molecule has 1 atom stereocenters. The quantitative estimate of drug-likeness (QED) is 0.662. The molecule has 0 rings (SSSR count). The molecule has 0 amide bonds. The molecule has 0 fully saturated rings. The molecule has 0 aromatic carbocycles. The van der Waals surface area contributed by atoms with Gasteiger partial charge in [-0.2, -0.15) is 0 Å². The summed E-state index contributed by atoms with van der Waals surface area (Å²) in [5, 5.41) is 16.2. The second kappa shape index (κ2) is 7.23. The fourth-order valence-corrected chi connectivity index (χ4v) is 0.534. The highest BCUT2D eigenvalue weighted by molar-refractivity contribution is 5.72. The normalized spacial score (nSPS) is 12.3. The van der Waals surface area contributed by atoms with E-state index in [9.17, 15) is 9.59 Å². The smallest absolute Gasteiger partial charge is 0.320 e. The van der Waals surface area contributed by atoms with E-state index in [1.54, 1.807) is 0 Å². The summed E-state index contributed by atoms with van der Waals surface area (Å²) in [7, 11) is 0. The van der Waals surface area contributed by atoms with Gasteiger partial charge in [-0.3, -0.25) is 9.59 Å². The second-order valence-electron chi connectivity index (χ2n) is 4.22. The summed E-state index contributed by atoms with van der Waals surface area (Å²) < 4.78 is 0. The minimum atomic E-state index is -0.963. The van der Waals surface area contributed by atoms with Crippen molar-refractivity contribution in [3.05, 3.63) is 0 Å². The van der Waals surface area contributed by atoms with Crippen LogP contribution in [0.5, 0.6) is 0 Å². The van der Waals surface area contributed by atoms with Crippen molar-refractivity contribution < 1.29 is 19.8 Å². The molecule has 0 aliphatic rings. The Hall–Kier alpha value is -1.10. The third-order valence-corrected chi connectivity index (χ3v) is 1.98. The van der Waals surface area contributed by atoms with Gasteiger partial charge < -0.3 is 15.9 Å². The zero-order valence-corrected chi connectivity index (χ0v) is 9.78. The Bertz CT molecular complexity index is 211. The van der Waals surface area contributed by atoms with Gasteiger partial charge in [0, 0.05) is 0 Å². The maximum absolute atomic E-state index is 10.2. The van der Waals surface area contributed by atoms with E-state index >= 15 is 0 Å². The van der Waals surface area contributed by atoms with Crippen LogP contribution in [-0.4, -0.2) is 28.2 Å². The molecule has 90 valence electrons. The highest BCUT2D eigenvalue weighted by atomic mass is 16.4. The van der Waals surface area contributed by atoms with Gasteiger partial charge in [0.25, 0.3) is 0 Å². The molecule has 0 aliphatic heterocycles. The van der Waals surface area contributed by atoms with E-state index in [0.29, 0.717) is 0 Å². The van der Waals surface area contributed by atoms with Crippen LogP contribution in [0.2, 0.25) is 0 Å². The van der Waals surface area contributed by atoms with Crippen molar-refractivity contribution >= 4 is 11.9 Å². The maximum atomic E-state index is 10.2. The molecule has 0 saturated carbocycles. The number of hydrogen-bond acceptors (Lipinski definition) is 3. The van der Waals surface area contributed by atoms with Crippen LogP contribution in [0.25, 0.3) is 0 Å². The molecule has 0 bridgehead atoms. The van der Waals surface area contributed by atoms with Crippen LogP contribution in [0, 0.1) is 5.41 Å². The van der Waals surface area contributed by atoms with Gasteiger partial charge in [0.1, 0.15) is 6.04 Å². The minimum Gasteiger partial charge on any atom is -0.481 e. The summed E-state index contributed by atoms with van der Waals surface area (Å²) in [6.07, 6.45) is 1.18. The number of rotatable bonds is 4. The zero-order valence-electron chi connectivity index (χ0n) is 9.78. The van der Waals surface area contributed by atoms with Crippen molar-refractivity contribution in [2.24, 2.45) is 11.1 Å². The van der Waals surface area contributed by atoms with E-state index < -0.39 is 18.0 Å². The standard InChI is InChI=1S/C7H14O2.C3H7NO2/c1-4-7(2,3)5-6(8)9;1-2(4)3(5)6/h4-5H2,1-3H3,(H,8,9);2H,4H2,1H3,(H,5,6). The van der Waals surface area contributed by atoms with Crippen molar-refractivity contribution in [2.45, 2.75) is 46.6 Å². The molecule has 0 aromatic heterocycles. The van der Waals surface area contributed by atoms with Crippen LogP contribution in [0.3, 0.4) is 0 Å². The molecule has 0 radical (unpaired) electrons. The Kier molecular flexibility index (Phi) is 7.87. The first-order valence-electron chi connectivity index (χ1n) is 4.82. The summed E-state index contributed by atoms with van der Waals surface area (Å²) >= 11 is 0. The van der Waals surface area contributed by atoms with Gasteiger partial charge in [0.05, 0.1) is 6.42 Å². The van der Waals surface area contributed by atoms with E-state index in [1.807, 2.05) is 20.8 Å². The Morgan fingerprint density at radius 2 is 1.67 bits per heavy atom. The van der Waals surface area contributed by atoms with E-state index in [1.165, 1.54) is 6.92 Å². The van der Waals surface area contributed by atoms with Gasteiger partial charge in [-0.25, -0.2) is 0 Å². The molecule has 0 aromatic rings. The number of carboxylic acid groups (broad SMARTS) is 2. The molecule has 5 heteroatoms. The molecular formula is C10H21NO4. The lowest BCUT2D eigenvalue weighted by atomic mass is 9.87. The lowest BCUT2D eigenvalue weighted by Crippen LogP contribution is -2.25. The summed E-state index contributed by atoms with van der Waals surface area (Å²) in [5.74, 6) is -1.67. The number of aliphatic carboxylic acids is 2. The lowest BCUT2D eigenvalue weighted by Gasteiger charge is -2.18. The topological polar surface area (TPSA) is 101 Å². The Morgan fingerprint density at radius 1 is 1.33 bits per heavy atom. The van der Waals surface area contributed by atoms with E-state index in [-0.39, 0.29) is 11.8 Å². The SMILES string of the molecule is CC(N)C(=O)O.CCC(C)(C)CC(=O)O. The fourth-order valence-electron chi connectivity index (χ4n) is 0.534. The largest absolute Gasteiger partial charge is 0.481 e. The van der Waals surface area contributed by atoms with Crippen LogP contribution < -0.4 is 5.73 Å². The molecule has 0 spiro atoms. The average molecular weight is 219 g/mol. The molecule has 0 heterocycles. The molecule has 0 saturated heterocycles. The summed E-state index contributed by atoms with van der Waals surface area (Å²) in [6.45, 7) is 7.34. The Labute approximate surface area is 90.3 Å². The first kappa shape index (κ1) is 16.3. The number of nitrogens with two attached hydrogens (primary N) is 1. The Balaban J connectivity index is 0. The van der Waals surface area contributed by atoms with Crippen molar-refractivity contribution in [2.75, 3.05) is 0 Å². The number of carboxylic acids is 2. The van der Waals surface area contributed by atoms with Gasteiger partial charge in [-0.15, -0.1) is 0 Å². The summed E-state index contributed by atoms with van der Waals surface area (Å²) in [6, 6.07) is -0.731. The molecule has 1 unspecified atom stereocenters. The first-order chi connectivity index (χ1) is 6.62. The second-order valence-corrected chi connectivity index (χ2v) is 4.22. The van der Waals surface area contributed by atoms with Gasteiger partial charge in [-0.1, -0.05) is 27.2 Å². The van der Waals surface area contributed by atoms with Crippen LogP contribution >= 0.6 is 0 Å². The van der Waals surface area contributed by atoms with Gasteiger partial charge >= 0.3 is 11.9 Å². The lowest BCUT2D eigenvalue weighted by molar-refractivity contribution is -0.139. The molecule has 5 nitrogen and oxygen atoms in total. The zero-order chi connectivity index (χ0) is 12.6. The van der Waals surface area contributed by atoms with Crippen molar-refractivity contribution in [3.63, 3.8) is 0 Å². The molecule has 15 heavy (non-hydrogen) atoms. The predicted molar refractivity (Wildman–Crippen MR) is 57.6 cm³/mol. The van der Waals surface area contributed by atoms with Crippen molar-refractivity contribution in [1.82, 2.24) is 0 Å².